The molecule has 0 aliphatic rings. The Morgan fingerprint density at radius 3 is 2.30 bits per heavy atom. The highest BCUT2D eigenvalue weighted by atomic mass is 16.5. The number of nitrogens with zero attached hydrogens (tertiary/aromatic N) is 1. The van der Waals surface area contributed by atoms with Gasteiger partial charge in [-0.1, -0.05) is 13.3 Å². The number of methoxy groups -OCH3 is 1. The molecule has 0 aromatic rings. The number of unbranched alkanes of at least 4 members (excludes halogenated alkanes) is 1. The fourth-order valence-corrected chi connectivity index (χ4v) is 1.44. The highest BCUT2D eigenvalue weighted by molar-refractivity contribution is 5.79. The number of guanidine groups is 1. The summed E-state index contributed by atoms with van der Waals surface area (Å²) < 4.78 is 15.8. The summed E-state index contributed by atoms with van der Waals surface area (Å²) in [5.41, 5.74) is 0. The zero-order valence-corrected chi connectivity index (χ0v) is 13.2. The molecule has 0 aliphatic heterocycles. The highest BCUT2D eigenvalue weighted by Crippen LogP contribution is 1.86. The van der Waals surface area contributed by atoms with Crippen molar-refractivity contribution in [1.29, 1.82) is 0 Å². The van der Waals surface area contributed by atoms with Crippen LogP contribution >= 0.6 is 0 Å². The molecule has 6 heteroatoms. The van der Waals surface area contributed by atoms with Gasteiger partial charge in [-0.15, -0.1) is 0 Å². The summed E-state index contributed by atoms with van der Waals surface area (Å²) >= 11 is 0. The van der Waals surface area contributed by atoms with Crippen molar-refractivity contribution in [1.82, 2.24) is 10.6 Å². The molecule has 0 spiro atoms. The molecule has 0 heterocycles. The van der Waals surface area contributed by atoms with Crippen molar-refractivity contribution >= 4 is 5.96 Å². The molecule has 0 radical (unpaired) electrons. The summed E-state index contributed by atoms with van der Waals surface area (Å²) in [4.78, 5) is 4.15. The number of nitrogens with one attached hydrogen (secondary N) is 2. The van der Waals surface area contributed by atoms with Crippen LogP contribution < -0.4 is 10.6 Å². The number of hydrogen-bond donors (Lipinski definition) is 2. The quantitative estimate of drug-likeness (QED) is 0.301. The zero-order valence-electron chi connectivity index (χ0n) is 13.2. The molecule has 120 valence electrons. The Kier molecular flexibility index (Phi) is 15.5. The van der Waals surface area contributed by atoms with Gasteiger partial charge in [-0.05, 0) is 12.8 Å². The minimum atomic E-state index is 0.648. The lowest BCUT2D eigenvalue weighted by molar-refractivity contribution is 0.0698. The van der Waals surface area contributed by atoms with Crippen LogP contribution in [0.15, 0.2) is 4.99 Å². The van der Waals surface area contributed by atoms with E-state index in [4.69, 9.17) is 14.2 Å². The van der Waals surface area contributed by atoms with Crippen molar-refractivity contribution < 1.29 is 14.2 Å². The van der Waals surface area contributed by atoms with Crippen LogP contribution in [0.1, 0.15) is 26.2 Å². The van der Waals surface area contributed by atoms with Gasteiger partial charge in [0.25, 0.3) is 0 Å². The molecule has 0 saturated carbocycles. The minimum Gasteiger partial charge on any atom is -0.382 e. The normalized spacial score (nSPS) is 11.7. The molecule has 0 bridgehead atoms. The molecule has 0 fully saturated rings. The van der Waals surface area contributed by atoms with Gasteiger partial charge in [0.1, 0.15) is 0 Å². The third-order valence-corrected chi connectivity index (χ3v) is 2.59. The maximum absolute atomic E-state index is 5.47. The van der Waals surface area contributed by atoms with E-state index in [2.05, 4.69) is 22.5 Å². The highest BCUT2D eigenvalue weighted by Gasteiger charge is 1.96. The summed E-state index contributed by atoms with van der Waals surface area (Å²) in [6.45, 7) is 7.34. The predicted molar refractivity (Wildman–Crippen MR) is 82.4 cm³/mol. The molecule has 0 rings (SSSR count). The van der Waals surface area contributed by atoms with Gasteiger partial charge in [-0.3, -0.25) is 4.99 Å². The first kappa shape index (κ1) is 19.1. The van der Waals surface area contributed by atoms with Crippen LogP contribution in [0.3, 0.4) is 0 Å². The second kappa shape index (κ2) is 16.2. The average molecular weight is 289 g/mol. The predicted octanol–water partition coefficient (Wildman–Crippen LogP) is 1.02. The van der Waals surface area contributed by atoms with Crippen LogP contribution in [0, 0.1) is 0 Å². The maximum atomic E-state index is 5.47. The Balaban J connectivity index is 3.35. The van der Waals surface area contributed by atoms with E-state index in [0.717, 1.165) is 45.1 Å². The topological polar surface area (TPSA) is 64.1 Å². The second-order valence-corrected chi connectivity index (χ2v) is 4.35. The van der Waals surface area contributed by atoms with Crippen molar-refractivity contribution in [2.24, 2.45) is 4.99 Å². The monoisotopic (exact) mass is 289 g/mol. The minimum absolute atomic E-state index is 0.648. The summed E-state index contributed by atoms with van der Waals surface area (Å²) in [7, 11) is 3.44. The van der Waals surface area contributed by atoms with Gasteiger partial charge in [0, 0.05) is 40.5 Å². The Hall–Kier alpha value is -0.850. The first-order valence-corrected chi connectivity index (χ1v) is 7.44. The lowest BCUT2D eigenvalue weighted by Gasteiger charge is -2.12. The van der Waals surface area contributed by atoms with Gasteiger partial charge in [0.15, 0.2) is 5.96 Å². The second-order valence-electron chi connectivity index (χ2n) is 4.35. The molecule has 0 saturated heterocycles. The smallest absolute Gasteiger partial charge is 0.191 e. The lowest BCUT2D eigenvalue weighted by atomic mass is 10.4. The van der Waals surface area contributed by atoms with Gasteiger partial charge >= 0.3 is 0 Å². The molecule has 6 nitrogen and oxygen atoms in total. The Morgan fingerprint density at radius 2 is 1.60 bits per heavy atom. The van der Waals surface area contributed by atoms with E-state index in [1.165, 1.54) is 6.42 Å². The number of aliphatic imine (C=N–C) groups is 1. The number of rotatable bonds is 13. The Bertz CT molecular complexity index is 226. The van der Waals surface area contributed by atoms with Crippen molar-refractivity contribution in [2.75, 3.05) is 60.3 Å². The van der Waals surface area contributed by atoms with E-state index < -0.39 is 0 Å². The fourth-order valence-electron chi connectivity index (χ4n) is 1.44. The molecule has 0 atom stereocenters. The Labute approximate surface area is 123 Å². The van der Waals surface area contributed by atoms with Gasteiger partial charge in [-0.2, -0.15) is 0 Å². The SMILES string of the molecule is CCCCOCCNC(=NC)NCCCOCCOC. The van der Waals surface area contributed by atoms with Gasteiger partial charge in [-0.25, -0.2) is 0 Å². The number of ether oxygens (including phenoxy) is 3. The van der Waals surface area contributed by atoms with Gasteiger partial charge in [0.05, 0.1) is 19.8 Å². The van der Waals surface area contributed by atoms with E-state index in [1.807, 2.05) is 0 Å². The first-order chi connectivity index (χ1) is 9.85. The standard InChI is InChI=1S/C14H31N3O3/c1-4-5-9-19-11-8-17-14(15-2)16-7-6-10-20-13-12-18-3/h4-13H2,1-3H3,(H2,15,16,17). The molecule has 0 amide bonds. The summed E-state index contributed by atoms with van der Waals surface area (Å²) in [6.07, 6.45) is 3.23. The van der Waals surface area contributed by atoms with Crippen LogP contribution in [-0.4, -0.2) is 66.2 Å². The molecule has 2 N–H and O–H groups in total. The van der Waals surface area contributed by atoms with Gasteiger partial charge < -0.3 is 24.8 Å². The summed E-state index contributed by atoms with van der Waals surface area (Å²) in [5.74, 6) is 0.806. The molecule has 0 aromatic carbocycles. The molecule has 0 aliphatic carbocycles. The third kappa shape index (κ3) is 13.6. The largest absolute Gasteiger partial charge is 0.382 e. The average Bonchev–Trinajstić information content (AvgIpc) is 2.47. The van der Waals surface area contributed by atoms with E-state index in [9.17, 15) is 0 Å². The van der Waals surface area contributed by atoms with E-state index in [-0.39, 0.29) is 0 Å². The Morgan fingerprint density at radius 1 is 0.900 bits per heavy atom. The fraction of sp³-hybridized carbons (Fsp3) is 0.929. The zero-order chi connectivity index (χ0) is 14.9. The molecule has 20 heavy (non-hydrogen) atoms. The van der Waals surface area contributed by atoms with Crippen LogP contribution in [0.25, 0.3) is 0 Å². The van der Waals surface area contributed by atoms with Crippen LogP contribution in [0.4, 0.5) is 0 Å². The lowest BCUT2D eigenvalue weighted by Crippen LogP contribution is -2.39. The van der Waals surface area contributed by atoms with Gasteiger partial charge in [0.2, 0.25) is 0 Å². The van der Waals surface area contributed by atoms with E-state index in [0.29, 0.717) is 19.8 Å². The van der Waals surface area contributed by atoms with Crippen molar-refractivity contribution in [2.45, 2.75) is 26.2 Å². The van der Waals surface area contributed by atoms with E-state index in [1.54, 1.807) is 14.2 Å². The summed E-state index contributed by atoms with van der Waals surface area (Å²) in [5, 5.41) is 6.45. The van der Waals surface area contributed by atoms with E-state index >= 15 is 0 Å². The van der Waals surface area contributed by atoms with Crippen molar-refractivity contribution in [3.8, 4) is 0 Å². The first-order valence-electron chi connectivity index (χ1n) is 7.44. The maximum Gasteiger partial charge on any atom is 0.191 e. The molecule has 0 aromatic heterocycles. The number of hydrogen-bond acceptors (Lipinski definition) is 4. The van der Waals surface area contributed by atoms with Crippen LogP contribution in [0.5, 0.6) is 0 Å². The van der Waals surface area contributed by atoms with Crippen molar-refractivity contribution in [3.63, 3.8) is 0 Å². The van der Waals surface area contributed by atoms with Crippen LogP contribution in [0.2, 0.25) is 0 Å². The third-order valence-electron chi connectivity index (χ3n) is 2.59. The molecular weight excluding hydrogens is 258 g/mol. The molecular formula is C14H31N3O3. The molecule has 0 unspecified atom stereocenters. The van der Waals surface area contributed by atoms with Crippen molar-refractivity contribution in [3.05, 3.63) is 0 Å². The summed E-state index contributed by atoms with van der Waals surface area (Å²) in [6, 6.07) is 0. The van der Waals surface area contributed by atoms with Crippen LogP contribution in [-0.2, 0) is 14.2 Å².